The summed E-state index contributed by atoms with van der Waals surface area (Å²) in [6, 6.07) is 20.2. The van der Waals surface area contributed by atoms with Gasteiger partial charge in [-0.1, -0.05) is 79.0 Å². The number of aliphatic hydroxyl groups excluding tert-OH is 1. The number of hydrogen-bond donors (Lipinski definition) is 3. The number of nitrogens with one attached hydrogen (secondary N) is 2. The normalized spacial score (nSPS) is 20.6. The fraction of sp³-hybridized carbons (Fsp3) is 0.400. The molecule has 8 nitrogen and oxygen atoms in total. The van der Waals surface area contributed by atoms with Crippen molar-refractivity contribution >= 4 is 47.0 Å². The van der Waals surface area contributed by atoms with E-state index in [1.54, 1.807) is 12.1 Å². The molecule has 0 saturated carbocycles. The molecule has 3 heterocycles. The van der Waals surface area contributed by atoms with E-state index in [2.05, 4.69) is 15.5 Å². The van der Waals surface area contributed by atoms with Crippen LogP contribution in [0.3, 0.4) is 0 Å². The molecule has 242 valence electrons. The molecule has 3 aromatic rings. The van der Waals surface area contributed by atoms with E-state index in [1.165, 1.54) is 0 Å². The van der Waals surface area contributed by atoms with Crippen LogP contribution in [0, 0.1) is 6.92 Å². The number of aliphatic hydroxyl groups is 1. The zero-order chi connectivity index (χ0) is 33.0. The summed E-state index contributed by atoms with van der Waals surface area (Å²) in [4.78, 5) is 39.1. The van der Waals surface area contributed by atoms with Crippen molar-refractivity contribution in [2.75, 3.05) is 32.1 Å². The summed E-state index contributed by atoms with van der Waals surface area (Å²) in [5.41, 5.74) is 2.43. The van der Waals surface area contributed by atoms with Gasteiger partial charge in [-0.05, 0) is 62.1 Å². The number of aryl methyl sites for hydroxylation is 1. The van der Waals surface area contributed by atoms with Gasteiger partial charge in [-0.25, -0.2) is 0 Å². The second-order valence-corrected chi connectivity index (χ2v) is 11.6. The Hall–Kier alpha value is -3.43. The number of anilines is 1. The molecule has 10 heteroatoms. The lowest BCUT2D eigenvalue weighted by atomic mass is 9.67. The number of benzene rings is 3. The van der Waals surface area contributed by atoms with Crippen molar-refractivity contribution in [2.24, 2.45) is 0 Å². The van der Waals surface area contributed by atoms with E-state index in [0.29, 0.717) is 29.4 Å². The van der Waals surface area contributed by atoms with E-state index in [0.717, 1.165) is 61.0 Å². The predicted octanol–water partition coefficient (Wildman–Crippen LogP) is 6.51. The molecule has 0 radical (unpaired) electrons. The van der Waals surface area contributed by atoms with Crippen LogP contribution in [0.1, 0.15) is 62.3 Å². The zero-order valence-corrected chi connectivity index (χ0v) is 27.8. The maximum atomic E-state index is 13.5. The van der Waals surface area contributed by atoms with Crippen LogP contribution in [-0.2, 0) is 19.8 Å². The maximum Gasteiger partial charge on any atom is 0.237 e. The van der Waals surface area contributed by atoms with Crippen molar-refractivity contribution in [2.45, 2.75) is 64.0 Å². The summed E-state index contributed by atoms with van der Waals surface area (Å²) >= 11 is 11.7. The molecular formula is C35H43Cl2N3O5. The van der Waals surface area contributed by atoms with E-state index in [1.807, 2.05) is 75.4 Å². The van der Waals surface area contributed by atoms with Gasteiger partial charge in [0.2, 0.25) is 11.8 Å². The second-order valence-electron chi connectivity index (χ2n) is 10.7. The summed E-state index contributed by atoms with van der Waals surface area (Å²) < 4.78 is 6.48. The van der Waals surface area contributed by atoms with Crippen LogP contribution in [0.4, 0.5) is 5.69 Å². The Kier molecular flexibility index (Phi) is 13.9. The first kappa shape index (κ1) is 36.0. The maximum absolute atomic E-state index is 13.5. The van der Waals surface area contributed by atoms with Gasteiger partial charge in [0.15, 0.2) is 0 Å². The average molecular weight is 657 g/mol. The molecule has 3 aliphatic rings. The molecule has 0 unspecified atom stereocenters. The molecule has 2 saturated heterocycles. The Morgan fingerprint density at radius 3 is 2.29 bits per heavy atom. The highest BCUT2D eigenvalue weighted by molar-refractivity contribution is 6.31. The SMILES string of the molecule is CC.CO.Cc1ccc(OC2CCN(CC=O)CC2)c([C@H]2NC(=O)CC[C@]23C(=O)Nc2cc(Cl)ccc23)c1.Clc1ccccc1. The summed E-state index contributed by atoms with van der Waals surface area (Å²) in [5.74, 6) is 0.464. The van der Waals surface area contributed by atoms with Crippen molar-refractivity contribution < 1.29 is 24.2 Å². The van der Waals surface area contributed by atoms with Gasteiger partial charge in [-0.15, -0.1) is 0 Å². The Labute approximate surface area is 276 Å². The van der Waals surface area contributed by atoms with Crippen LogP contribution in [0.2, 0.25) is 10.0 Å². The van der Waals surface area contributed by atoms with Crippen molar-refractivity contribution in [1.29, 1.82) is 0 Å². The summed E-state index contributed by atoms with van der Waals surface area (Å²) in [7, 11) is 1.00. The highest BCUT2D eigenvalue weighted by atomic mass is 35.5. The number of halogens is 2. The number of hydrogen-bond acceptors (Lipinski definition) is 6. The number of nitrogens with zero attached hydrogens (tertiary/aromatic N) is 1. The summed E-state index contributed by atoms with van der Waals surface area (Å²) in [5, 5.41) is 14.5. The summed E-state index contributed by atoms with van der Waals surface area (Å²) in [6.07, 6.45) is 3.23. The fourth-order valence-corrected chi connectivity index (χ4v) is 6.28. The Bertz CT molecular complexity index is 1430. The van der Waals surface area contributed by atoms with Crippen molar-refractivity contribution in [3.8, 4) is 5.75 Å². The van der Waals surface area contributed by atoms with Gasteiger partial charge in [0.05, 0.1) is 12.6 Å². The minimum atomic E-state index is -0.937. The van der Waals surface area contributed by atoms with Crippen LogP contribution < -0.4 is 15.4 Å². The molecule has 1 spiro atoms. The smallest absolute Gasteiger partial charge is 0.237 e. The standard InChI is InChI=1S/C26H28ClN3O4.C6H5Cl.C2H6.CH4O/c1-16-2-5-22(34-18-7-10-30(11-8-18)12-13-31)19(14-16)24-26(9-6-23(32)29-24)20-4-3-17(27)15-21(20)28-25(26)33;7-6-4-2-1-3-5-6;2*1-2/h2-5,13-15,18,24H,6-12H2,1H3,(H,28,33)(H,29,32);1-5H;1-2H3;2H,1H3/t24-,26-;;;/m1.../s1. The van der Waals surface area contributed by atoms with E-state index in [9.17, 15) is 14.4 Å². The molecule has 3 aromatic carbocycles. The topological polar surface area (TPSA) is 108 Å². The lowest BCUT2D eigenvalue weighted by molar-refractivity contribution is -0.130. The van der Waals surface area contributed by atoms with Gasteiger partial charge in [-0.3, -0.25) is 14.5 Å². The molecule has 2 fully saturated rings. The monoisotopic (exact) mass is 655 g/mol. The summed E-state index contributed by atoms with van der Waals surface area (Å²) in [6.45, 7) is 8.03. The Morgan fingerprint density at radius 2 is 1.67 bits per heavy atom. The molecular weight excluding hydrogens is 613 g/mol. The average Bonchev–Trinajstić information content (AvgIpc) is 3.33. The second kappa shape index (κ2) is 17.3. The molecule has 6 rings (SSSR count). The van der Waals surface area contributed by atoms with Crippen LogP contribution in [0.15, 0.2) is 66.7 Å². The van der Waals surface area contributed by atoms with Gasteiger partial charge in [-0.2, -0.15) is 0 Å². The van der Waals surface area contributed by atoms with Crippen molar-refractivity contribution in [3.05, 3.63) is 93.5 Å². The van der Waals surface area contributed by atoms with Gasteiger partial charge in [0.1, 0.15) is 23.6 Å². The number of likely N-dealkylation sites (tertiary alicyclic amines) is 1. The number of amides is 2. The molecule has 45 heavy (non-hydrogen) atoms. The minimum absolute atomic E-state index is 0.00287. The number of carbonyl (C=O) groups is 3. The lowest BCUT2D eigenvalue weighted by Crippen LogP contribution is -2.52. The number of carbonyl (C=O) groups excluding carboxylic acids is 3. The van der Waals surface area contributed by atoms with Crippen molar-refractivity contribution in [1.82, 2.24) is 10.2 Å². The highest BCUT2D eigenvalue weighted by Crippen LogP contribution is 2.52. The molecule has 2 amide bonds. The van der Waals surface area contributed by atoms with Crippen LogP contribution in [0.5, 0.6) is 5.75 Å². The number of fused-ring (bicyclic) bond motifs is 2. The third-order valence-corrected chi connectivity index (χ3v) is 8.52. The van der Waals surface area contributed by atoms with Crippen LogP contribution in [0.25, 0.3) is 0 Å². The first-order chi connectivity index (χ1) is 21.8. The number of aldehydes is 1. The first-order valence-corrected chi connectivity index (χ1v) is 16.0. The predicted molar refractivity (Wildman–Crippen MR) is 180 cm³/mol. The largest absolute Gasteiger partial charge is 0.490 e. The Morgan fingerprint density at radius 1 is 0.978 bits per heavy atom. The molecule has 0 bridgehead atoms. The van der Waals surface area contributed by atoms with Crippen LogP contribution in [-0.4, -0.2) is 61.0 Å². The van der Waals surface area contributed by atoms with Crippen molar-refractivity contribution in [3.63, 3.8) is 0 Å². The first-order valence-electron chi connectivity index (χ1n) is 15.3. The fourth-order valence-electron chi connectivity index (χ4n) is 5.96. The van der Waals surface area contributed by atoms with Gasteiger partial charge in [0.25, 0.3) is 0 Å². The van der Waals surface area contributed by atoms with Crippen LogP contribution >= 0.6 is 23.2 Å². The molecule has 3 aliphatic heterocycles. The molecule has 0 aromatic heterocycles. The van der Waals surface area contributed by atoms with E-state index in [-0.39, 0.29) is 24.3 Å². The Balaban J connectivity index is 0.000000433. The van der Waals surface area contributed by atoms with E-state index >= 15 is 0 Å². The highest BCUT2D eigenvalue weighted by Gasteiger charge is 2.56. The number of ether oxygens (including phenoxy) is 1. The molecule has 0 aliphatic carbocycles. The van der Waals surface area contributed by atoms with Gasteiger partial charge >= 0.3 is 0 Å². The zero-order valence-electron chi connectivity index (χ0n) is 26.3. The van der Waals surface area contributed by atoms with Gasteiger partial charge in [0, 0.05) is 47.9 Å². The quantitative estimate of drug-likeness (QED) is 0.271. The molecule has 2 atom stereocenters. The van der Waals surface area contributed by atoms with E-state index < -0.39 is 11.5 Å². The molecule has 3 N–H and O–H groups in total. The third-order valence-electron chi connectivity index (χ3n) is 8.03. The lowest BCUT2D eigenvalue weighted by Gasteiger charge is -2.41. The number of rotatable bonds is 5. The van der Waals surface area contributed by atoms with Gasteiger partial charge < -0.3 is 25.3 Å². The third kappa shape index (κ3) is 8.64. The minimum Gasteiger partial charge on any atom is -0.490 e. The van der Waals surface area contributed by atoms with E-state index in [4.69, 9.17) is 33.0 Å². The number of piperidine rings is 2.